The second-order valence-corrected chi connectivity index (χ2v) is 5.73. The summed E-state index contributed by atoms with van der Waals surface area (Å²) in [6.45, 7) is 2.20. The summed E-state index contributed by atoms with van der Waals surface area (Å²) in [6.07, 6.45) is 0.686. The number of fused-ring (bicyclic) bond motifs is 1. The lowest BCUT2D eigenvalue weighted by Crippen LogP contribution is -2.43. The standard InChI is InChI=1S/C13H13N3O3S/c1-7-6-9(15-14-7)12(17)16-4-2-10-8(3-5-20-10)11(16)13(18)19/h3,5-6,11H,2,4H2,1H3,(H,14,15)(H,18,19). The van der Waals surface area contributed by atoms with Gasteiger partial charge in [0.25, 0.3) is 5.91 Å². The topological polar surface area (TPSA) is 86.3 Å². The Bertz CT molecular complexity index is 676. The van der Waals surface area contributed by atoms with Crippen molar-refractivity contribution < 1.29 is 14.7 Å². The number of thiophene rings is 1. The predicted octanol–water partition coefficient (Wildman–Crippen LogP) is 1.60. The SMILES string of the molecule is Cc1cc(C(=O)N2CCc3sccc3C2C(=O)O)n[nH]1. The first-order valence-corrected chi connectivity index (χ1v) is 7.08. The van der Waals surface area contributed by atoms with Crippen molar-refractivity contribution >= 4 is 23.2 Å². The number of rotatable bonds is 2. The third-order valence-electron chi connectivity index (χ3n) is 3.39. The number of amides is 1. The first-order chi connectivity index (χ1) is 9.58. The number of nitrogens with zero attached hydrogens (tertiary/aromatic N) is 2. The number of aromatic nitrogens is 2. The number of carbonyl (C=O) groups is 2. The average Bonchev–Trinajstić information content (AvgIpc) is 3.04. The molecule has 1 unspecified atom stereocenters. The van der Waals surface area contributed by atoms with E-state index in [0.717, 1.165) is 10.6 Å². The van der Waals surface area contributed by atoms with Gasteiger partial charge in [0.2, 0.25) is 0 Å². The number of hydrogen-bond donors (Lipinski definition) is 2. The first kappa shape index (κ1) is 12.9. The third kappa shape index (κ3) is 2.00. The van der Waals surface area contributed by atoms with E-state index >= 15 is 0 Å². The molecule has 0 saturated carbocycles. The first-order valence-electron chi connectivity index (χ1n) is 6.20. The van der Waals surface area contributed by atoms with Crippen molar-refractivity contribution in [2.45, 2.75) is 19.4 Å². The van der Waals surface area contributed by atoms with Gasteiger partial charge in [0.05, 0.1) is 0 Å². The molecule has 3 rings (SSSR count). The lowest BCUT2D eigenvalue weighted by molar-refractivity contribution is -0.142. The van der Waals surface area contributed by atoms with Crippen LogP contribution in [0.5, 0.6) is 0 Å². The maximum atomic E-state index is 12.4. The monoisotopic (exact) mass is 291 g/mol. The van der Waals surface area contributed by atoms with Crippen molar-refractivity contribution in [1.29, 1.82) is 0 Å². The van der Waals surface area contributed by atoms with Gasteiger partial charge in [-0.15, -0.1) is 11.3 Å². The van der Waals surface area contributed by atoms with Gasteiger partial charge in [-0.3, -0.25) is 9.89 Å². The zero-order valence-corrected chi connectivity index (χ0v) is 11.6. The summed E-state index contributed by atoms with van der Waals surface area (Å²) in [5.41, 5.74) is 1.75. The Morgan fingerprint density at radius 3 is 3.00 bits per heavy atom. The number of nitrogens with one attached hydrogen (secondary N) is 1. The van der Waals surface area contributed by atoms with E-state index in [4.69, 9.17) is 0 Å². The van der Waals surface area contributed by atoms with Gasteiger partial charge in [0, 0.05) is 17.1 Å². The molecule has 1 aliphatic heterocycles. The van der Waals surface area contributed by atoms with Crippen molar-refractivity contribution in [2.75, 3.05) is 6.54 Å². The van der Waals surface area contributed by atoms with Crippen LogP contribution in [0.25, 0.3) is 0 Å². The maximum absolute atomic E-state index is 12.4. The Morgan fingerprint density at radius 2 is 2.35 bits per heavy atom. The van der Waals surface area contributed by atoms with E-state index in [1.807, 2.05) is 5.38 Å². The summed E-state index contributed by atoms with van der Waals surface area (Å²) in [7, 11) is 0. The molecule has 1 amide bonds. The lowest BCUT2D eigenvalue weighted by atomic mass is 9.99. The fourth-order valence-corrected chi connectivity index (χ4v) is 3.38. The molecule has 0 fully saturated rings. The second-order valence-electron chi connectivity index (χ2n) is 4.72. The molecule has 2 N–H and O–H groups in total. The zero-order valence-electron chi connectivity index (χ0n) is 10.8. The quantitative estimate of drug-likeness (QED) is 0.880. The number of aliphatic carboxylic acids is 1. The van der Waals surface area contributed by atoms with Gasteiger partial charge in [0.15, 0.2) is 6.04 Å². The molecule has 1 atom stereocenters. The van der Waals surface area contributed by atoms with Crippen LogP contribution < -0.4 is 0 Å². The van der Waals surface area contributed by atoms with Crippen molar-refractivity contribution in [3.8, 4) is 0 Å². The van der Waals surface area contributed by atoms with Crippen molar-refractivity contribution in [2.24, 2.45) is 0 Å². The molecule has 0 saturated heterocycles. The molecule has 2 aromatic rings. The normalized spacial score (nSPS) is 17.9. The van der Waals surface area contributed by atoms with Gasteiger partial charge >= 0.3 is 5.97 Å². The number of carboxylic acid groups (broad SMARTS) is 1. The molecule has 104 valence electrons. The van der Waals surface area contributed by atoms with E-state index in [1.165, 1.54) is 16.2 Å². The third-order valence-corrected chi connectivity index (χ3v) is 4.38. The van der Waals surface area contributed by atoms with Crippen molar-refractivity contribution in [3.63, 3.8) is 0 Å². The molecular formula is C13H13N3O3S. The second kappa shape index (κ2) is 4.75. The minimum Gasteiger partial charge on any atom is -0.479 e. The molecule has 0 aliphatic carbocycles. The van der Waals surface area contributed by atoms with E-state index < -0.39 is 12.0 Å². The highest BCUT2D eigenvalue weighted by molar-refractivity contribution is 7.10. The highest BCUT2D eigenvalue weighted by Crippen LogP contribution is 2.34. The summed E-state index contributed by atoms with van der Waals surface area (Å²) in [5, 5.41) is 18.0. The summed E-state index contributed by atoms with van der Waals surface area (Å²) >= 11 is 1.54. The minimum atomic E-state index is -1.01. The van der Waals surface area contributed by atoms with Gasteiger partial charge < -0.3 is 10.0 Å². The minimum absolute atomic E-state index is 0.257. The van der Waals surface area contributed by atoms with Crippen LogP contribution in [-0.2, 0) is 11.2 Å². The lowest BCUT2D eigenvalue weighted by Gasteiger charge is -2.32. The van der Waals surface area contributed by atoms with Crippen molar-refractivity contribution in [3.05, 3.63) is 39.3 Å². The van der Waals surface area contributed by atoms with E-state index in [0.29, 0.717) is 18.5 Å². The molecule has 6 nitrogen and oxygen atoms in total. The number of carbonyl (C=O) groups excluding carboxylic acids is 1. The van der Waals surface area contributed by atoms with Crippen LogP contribution >= 0.6 is 11.3 Å². The van der Waals surface area contributed by atoms with Crippen LogP contribution in [0.15, 0.2) is 17.5 Å². The molecule has 2 aromatic heterocycles. The Kier molecular flexibility index (Phi) is 3.06. The highest BCUT2D eigenvalue weighted by atomic mass is 32.1. The fraction of sp³-hybridized carbons (Fsp3) is 0.308. The fourth-order valence-electron chi connectivity index (χ4n) is 2.48. The predicted molar refractivity (Wildman–Crippen MR) is 72.8 cm³/mol. The molecule has 0 aromatic carbocycles. The molecule has 7 heteroatoms. The van der Waals surface area contributed by atoms with E-state index in [1.54, 1.807) is 19.1 Å². The molecule has 3 heterocycles. The van der Waals surface area contributed by atoms with Gasteiger partial charge in [-0.25, -0.2) is 4.79 Å². The number of hydrogen-bond acceptors (Lipinski definition) is 4. The molecule has 0 spiro atoms. The largest absolute Gasteiger partial charge is 0.479 e. The van der Waals surface area contributed by atoms with Crippen LogP contribution in [-0.4, -0.2) is 38.6 Å². The Balaban J connectivity index is 1.97. The summed E-state index contributed by atoms with van der Waals surface area (Å²) < 4.78 is 0. The zero-order chi connectivity index (χ0) is 14.3. The maximum Gasteiger partial charge on any atom is 0.331 e. The summed E-state index contributed by atoms with van der Waals surface area (Å²) in [4.78, 5) is 26.4. The van der Waals surface area contributed by atoms with Crippen LogP contribution in [0, 0.1) is 6.92 Å². The molecule has 0 bridgehead atoms. The van der Waals surface area contributed by atoms with Crippen LogP contribution in [0.2, 0.25) is 0 Å². The van der Waals surface area contributed by atoms with Crippen LogP contribution in [0.3, 0.4) is 0 Å². The number of H-pyrrole nitrogens is 1. The summed E-state index contributed by atoms with van der Waals surface area (Å²) in [5.74, 6) is -1.36. The summed E-state index contributed by atoms with van der Waals surface area (Å²) in [6, 6.07) is 2.49. The Labute approximate surface area is 119 Å². The van der Waals surface area contributed by atoms with Gasteiger partial charge in [0.1, 0.15) is 5.69 Å². The van der Waals surface area contributed by atoms with Crippen molar-refractivity contribution in [1.82, 2.24) is 15.1 Å². The molecular weight excluding hydrogens is 278 g/mol. The van der Waals surface area contributed by atoms with E-state index in [9.17, 15) is 14.7 Å². The smallest absolute Gasteiger partial charge is 0.331 e. The molecule has 1 aliphatic rings. The molecule has 20 heavy (non-hydrogen) atoms. The van der Waals surface area contributed by atoms with Gasteiger partial charge in [-0.05, 0) is 36.4 Å². The Morgan fingerprint density at radius 1 is 1.55 bits per heavy atom. The number of aromatic amines is 1. The van der Waals surface area contributed by atoms with E-state index in [-0.39, 0.29) is 11.6 Å². The highest BCUT2D eigenvalue weighted by Gasteiger charge is 2.37. The molecule has 0 radical (unpaired) electrons. The van der Waals surface area contributed by atoms with Crippen LogP contribution in [0.1, 0.15) is 32.7 Å². The van der Waals surface area contributed by atoms with Gasteiger partial charge in [-0.1, -0.05) is 0 Å². The average molecular weight is 291 g/mol. The van der Waals surface area contributed by atoms with Crippen LogP contribution in [0.4, 0.5) is 0 Å². The van der Waals surface area contributed by atoms with Gasteiger partial charge in [-0.2, -0.15) is 5.10 Å². The Hall–Kier alpha value is -2.15. The number of aryl methyl sites for hydroxylation is 1. The number of carboxylic acids is 1. The van der Waals surface area contributed by atoms with E-state index in [2.05, 4.69) is 10.2 Å².